The minimum atomic E-state index is -0.0118. The Morgan fingerprint density at radius 2 is 1.62 bits per heavy atom. The van der Waals surface area contributed by atoms with Crippen LogP contribution in [0.5, 0.6) is 0 Å². The second kappa shape index (κ2) is 9.87. The molecule has 0 radical (unpaired) electrons. The fraction of sp³-hybridized carbons (Fsp3) is 0.591. The van der Waals surface area contributed by atoms with E-state index in [4.69, 9.17) is 0 Å². The van der Waals surface area contributed by atoms with Gasteiger partial charge in [0.25, 0.3) is 0 Å². The van der Waals surface area contributed by atoms with Crippen molar-refractivity contribution in [2.75, 3.05) is 51.1 Å². The summed E-state index contributed by atoms with van der Waals surface area (Å²) in [5, 5.41) is 3.01. The summed E-state index contributed by atoms with van der Waals surface area (Å²) in [4.78, 5) is 42.5. The second-order valence-electron chi connectivity index (χ2n) is 7.94. The van der Waals surface area contributed by atoms with E-state index in [1.54, 1.807) is 6.92 Å². The number of anilines is 1. The number of carbonyl (C=O) groups excluding carboxylic acids is 3. The molecule has 7 nitrogen and oxygen atoms in total. The van der Waals surface area contributed by atoms with Crippen LogP contribution in [0.1, 0.15) is 32.3 Å². The molecule has 2 heterocycles. The molecular formula is C22H32N4O3. The van der Waals surface area contributed by atoms with Crippen molar-refractivity contribution in [2.24, 2.45) is 5.92 Å². The van der Waals surface area contributed by atoms with Gasteiger partial charge in [-0.2, -0.15) is 0 Å². The first kappa shape index (κ1) is 21.3. The number of piperazine rings is 1. The molecule has 29 heavy (non-hydrogen) atoms. The Labute approximate surface area is 173 Å². The standard InChI is InChI=1S/C22H32N4O3/c1-3-18-6-4-5-7-20(18)23-21(28)16-24-12-14-26(15-13-24)22(29)19-8-10-25(11-9-19)17(2)27/h4-7,19H,3,8-16H2,1-2H3,(H,23,28). The molecule has 0 saturated carbocycles. The number of para-hydroxylation sites is 1. The van der Waals surface area contributed by atoms with E-state index < -0.39 is 0 Å². The highest BCUT2D eigenvalue weighted by molar-refractivity contribution is 5.93. The molecule has 3 rings (SSSR count). The molecule has 2 fully saturated rings. The predicted octanol–water partition coefficient (Wildman–Crippen LogP) is 1.59. The summed E-state index contributed by atoms with van der Waals surface area (Å²) in [6, 6.07) is 7.88. The van der Waals surface area contributed by atoms with E-state index in [0.29, 0.717) is 45.8 Å². The Morgan fingerprint density at radius 3 is 2.24 bits per heavy atom. The molecule has 1 N–H and O–H groups in total. The molecule has 0 aromatic heterocycles. The Morgan fingerprint density at radius 1 is 0.966 bits per heavy atom. The van der Waals surface area contributed by atoms with Gasteiger partial charge in [0.1, 0.15) is 0 Å². The minimum absolute atomic E-state index is 0.0118. The molecule has 1 aromatic carbocycles. The molecule has 0 aliphatic carbocycles. The number of benzene rings is 1. The maximum atomic E-state index is 12.8. The summed E-state index contributed by atoms with van der Waals surface area (Å²) < 4.78 is 0. The number of aryl methyl sites for hydroxylation is 1. The van der Waals surface area contributed by atoms with Gasteiger partial charge in [-0.05, 0) is 30.9 Å². The van der Waals surface area contributed by atoms with Gasteiger partial charge in [0.2, 0.25) is 17.7 Å². The largest absolute Gasteiger partial charge is 0.343 e. The smallest absolute Gasteiger partial charge is 0.238 e. The van der Waals surface area contributed by atoms with Crippen LogP contribution >= 0.6 is 0 Å². The van der Waals surface area contributed by atoms with Gasteiger partial charge in [0.15, 0.2) is 0 Å². The Bertz CT molecular complexity index is 735. The topological polar surface area (TPSA) is 73.0 Å². The third-order valence-corrected chi connectivity index (χ3v) is 6.01. The van der Waals surface area contributed by atoms with E-state index in [0.717, 1.165) is 30.5 Å². The van der Waals surface area contributed by atoms with E-state index in [-0.39, 0.29) is 23.6 Å². The van der Waals surface area contributed by atoms with Crippen molar-refractivity contribution in [1.82, 2.24) is 14.7 Å². The first-order valence-corrected chi connectivity index (χ1v) is 10.6. The summed E-state index contributed by atoms with van der Waals surface area (Å²) in [5.74, 6) is 0.298. The molecule has 2 saturated heterocycles. The Balaban J connectivity index is 1.42. The highest BCUT2D eigenvalue weighted by atomic mass is 16.2. The van der Waals surface area contributed by atoms with Crippen LogP contribution in [0.15, 0.2) is 24.3 Å². The van der Waals surface area contributed by atoms with E-state index in [1.807, 2.05) is 34.1 Å². The monoisotopic (exact) mass is 400 g/mol. The lowest BCUT2D eigenvalue weighted by molar-refractivity contribution is -0.141. The molecule has 3 amide bonds. The molecule has 0 spiro atoms. The van der Waals surface area contributed by atoms with E-state index in [9.17, 15) is 14.4 Å². The first-order chi connectivity index (χ1) is 14.0. The quantitative estimate of drug-likeness (QED) is 0.815. The van der Waals surface area contributed by atoms with Crippen LogP contribution in [-0.2, 0) is 20.8 Å². The second-order valence-corrected chi connectivity index (χ2v) is 7.94. The van der Waals surface area contributed by atoms with Gasteiger partial charge >= 0.3 is 0 Å². The normalized spacial score (nSPS) is 18.6. The summed E-state index contributed by atoms with van der Waals surface area (Å²) in [6.07, 6.45) is 2.37. The van der Waals surface area contributed by atoms with Gasteiger partial charge < -0.3 is 15.1 Å². The zero-order chi connectivity index (χ0) is 20.8. The molecular weight excluding hydrogens is 368 g/mol. The maximum Gasteiger partial charge on any atom is 0.238 e. The first-order valence-electron chi connectivity index (χ1n) is 10.6. The minimum Gasteiger partial charge on any atom is -0.343 e. The van der Waals surface area contributed by atoms with Crippen molar-refractivity contribution in [3.63, 3.8) is 0 Å². The Hall–Kier alpha value is -2.41. The van der Waals surface area contributed by atoms with Crippen molar-refractivity contribution >= 4 is 23.4 Å². The van der Waals surface area contributed by atoms with Crippen LogP contribution in [-0.4, -0.2) is 78.2 Å². The lowest BCUT2D eigenvalue weighted by Gasteiger charge is -2.38. The molecule has 2 aliphatic heterocycles. The SMILES string of the molecule is CCc1ccccc1NC(=O)CN1CCN(C(=O)C2CCN(C(C)=O)CC2)CC1. The zero-order valence-corrected chi connectivity index (χ0v) is 17.5. The van der Waals surface area contributed by atoms with Gasteiger partial charge in [-0.25, -0.2) is 0 Å². The number of piperidine rings is 1. The molecule has 2 aliphatic rings. The summed E-state index contributed by atoms with van der Waals surface area (Å²) in [6.45, 7) is 8.08. The summed E-state index contributed by atoms with van der Waals surface area (Å²) in [7, 11) is 0. The van der Waals surface area contributed by atoms with Crippen LogP contribution in [0, 0.1) is 5.92 Å². The van der Waals surface area contributed by atoms with Crippen molar-refractivity contribution in [3.8, 4) is 0 Å². The van der Waals surface area contributed by atoms with Gasteiger partial charge in [-0.15, -0.1) is 0 Å². The number of nitrogens with zero attached hydrogens (tertiary/aromatic N) is 3. The fourth-order valence-electron chi connectivity index (χ4n) is 4.17. The van der Waals surface area contributed by atoms with Crippen molar-refractivity contribution in [1.29, 1.82) is 0 Å². The van der Waals surface area contributed by atoms with Crippen LogP contribution in [0.3, 0.4) is 0 Å². The zero-order valence-electron chi connectivity index (χ0n) is 17.5. The maximum absolute atomic E-state index is 12.8. The molecule has 0 atom stereocenters. The van der Waals surface area contributed by atoms with Crippen molar-refractivity contribution in [2.45, 2.75) is 33.1 Å². The van der Waals surface area contributed by atoms with Crippen LogP contribution in [0.25, 0.3) is 0 Å². The lowest BCUT2D eigenvalue weighted by Crippen LogP contribution is -2.53. The van der Waals surface area contributed by atoms with E-state index >= 15 is 0 Å². The molecule has 158 valence electrons. The number of carbonyl (C=O) groups is 3. The van der Waals surface area contributed by atoms with Gasteiger partial charge in [0, 0.05) is 57.8 Å². The average Bonchev–Trinajstić information content (AvgIpc) is 2.74. The Kier molecular flexibility index (Phi) is 7.25. The summed E-state index contributed by atoms with van der Waals surface area (Å²) in [5.41, 5.74) is 2.01. The van der Waals surface area contributed by atoms with E-state index in [2.05, 4.69) is 17.1 Å². The van der Waals surface area contributed by atoms with Crippen molar-refractivity contribution in [3.05, 3.63) is 29.8 Å². The lowest BCUT2D eigenvalue weighted by atomic mass is 9.95. The van der Waals surface area contributed by atoms with Crippen LogP contribution < -0.4 is 5.32 Å². The number of likely N-dealkylation sites (tertiary alicyclic amines) is 1. The number of rotatable bonds is 5. The molecule has 7 heteroatoms. The van der Waals surface area contributed by atoms with Crippen LogP contribution in [0.4, 0.5) is 5.69 Å². The molecule has 0 unspecified atom stereocenters. The highest BCUT2D eigenvalue weighted by Crippen LogP contribution is 2.21. The highest BCUT2D eigenvalue weighted by Gasteiger charge is 2.31. The van der Waals surface area contributed by atoms with E-state index in [1.165, 1.54) is 0 Å². The third-order valence-electron chi connectivity index (χ3n) is 6.01. The van der Waals surface area contributed by atoms with Crippen LogP contribution in [0.2, 0.25) is 0 Å². The number of hydrogen-bond acceptors (Lipinski definition) is 4. The summed E-state index contributed by atoms with van der Waals surface area (Å²) >= 11 is 0. The number of nitrogens with one attached hydrogen (secondary N) is 1. The fourth-order valence-corrected chi connectivity index (χ4v) is 4.17. The average molecular weight is 401 g/mol. The molecule has 0 bridgehead atoms. The molecule has 1 aromatic rings. The van der Waals surface area contributed by atoms with Gasteiger partial charge in [-0.3, -0.25) is 19.3 Å². The number of hydrogen-bond donors (Lipinski definition) is 1. The van der Waals surface area contributed by atoms with Crippen molar-refractivity contribution < 1.29 is 14.4 Å². The third kappa shape index (κ3) is 5.56. The predicted molar refractivity (Wildman–Crippen MR) is 112 cm³/mol. The van der Waals surface area contributed by atoms with Gasteiger partial charge in [0.05, 0.1) is 6.54 Å². The number of amides is 3. The van der Waals surface area contributed by atoms with Gasteiger partial charge in [-0.1, -0.05) is 25.1 Å².